The maximum atomic E-state index is 13.3. The number of thiol groups is 1. The lowest BCUT2D eigenvalue weighted by Crippen LogP contribution is -2.38. The van der Waals surface area contributed by atoms with Gasteiger partial charge in [0.1, 0.15) is 11.8 Å². The lowest BCUT2D eigenvalue weighted by Gasteiger charge is -2.27. The first-order chi connectivity index (χ1) is 16.7. The van der Waals surface area contributed by atoms with Gasteiger partial charge in [-0.15, -0.1) is 0 Å². The predicted octanol–water partition coefficient (Wildman–Crippen LogP) is 5.79. The van der Waals surface area contributed by atoms with Crippen LogP contribution in [0.2, 0.25) is 0 Å². The molecule has 0 spiro atoms. The zero-order valence-electron chi connectivity index (χ0n) is 19.5. The SMILES string of the molecule is COc1ccc([N+](=O)[O-])cc1NC(=O)N(S)C(C(=O)Nc1ccc(C(C)C)cc1)c1ccccc1. The Bertz CT molecular complexity index is 1200. The molecule has 0 aliphatic heterocycles. The van der Waals surface area contributed by atoms with E-state index in [1.54, 1.807) is 42.5 Å². The maximum Gasteiger partial charge on any atom is 0.332 e. The van der Waals surface area contributed by atoms with E-state index in [0.29, 0.717) is 17.2 Å². The summed E-state index contributed by atoms with van der Waals surface area (Å²) in [5.41, 5.74) is 2.07. The van der Waals surface area contributed by atoms with Gasteiger partial charge in [-0.25, -0.2) is 4.79 Å². The van der Waals surface area contributed by atoms with Crippen LogP contribution in [-0.2, 0) is 4.79 Å². The van der Waals surface area contributed by atoms with Crippen molar-refractivity contribution in [3.63, 3.8) is 0 Å². The van der Waals surface area contributed by atoms with Crippen LogP contribution < -0.4 is 15.4 Å². The molecule has 1 atom stereocenters. The van der Waals surface area contributed by atoms with Crippen LogP contribution in [0.4, 0.5) is 21.9 Å². The fourth-order valence-electron chi connectivity index (χ4n) is 3.40. The Balaban J connectivity index is 1.87. The number of benzene rings is 3. The third kappa shape index (κ3) is 6.30. The van der Waals surface area contributed by atoms with Gasteiger partial charge in [-0.3, -0.25) is 19.2 Å². The molecule has 0 saturated carbocycles. The number of amides is 3. The van der Waals surface area contributed by atoms with Gasteiger partial charge < -0.3 is 15.4 Å². The summed E-state index contributed by atoms with van der Waals surface area (Å²) >= 11 is 4.33. The number of rotatable bonds is 8. The first kappa shape index (κ1) is 25.6. The molecular formula is C25H26N4O5S. The largest absolute Gasteiger partial charge is 0.495 e. The third-order valence-corrected chi connectivity index (χ3v) is 5.71. The molecule has 0 saturated heterocycles. The summed E-state index contributed by atoms with van der Waals surface area (Å²) in [5, 5.41) is 16.5. The van der Waals surface area contributed by atoms with E-state index in [-0.39, 0.29) is 17.1 Å². The zero-order chi connectivity index (χ0) is 25.5. The molecule has 3 amide bonds. The fourth-order valence-corrected chi connectivity index (χ4v) is 3.69. The van der Waals surface area contributed by atoms with E-state index in [1.807, 2.05) is 12.1 Å². The predicted molar refractivity (Wildman–Crippen MR) is 138 cm³/mol. The van der Waals surface area contributed by atoms with Crippen LogP contribution in [-0.4, -0.2) is 28.3 Å². The van der Waals surface area contributed by atoms with Crippen molar-refractivity contribution >= 4 is 41.8 Å². The first-order valence-electron chi connectivity index (χ1n) is 10.8. The lowest BCUT2D eigenvalue weighted by atomic mass is 10.0. The van der Waals surface area contributed by atoms with Crippen molar-refractivity contribution in [2.75, 3.05) is 17.7 Å². The minimum atomic E-state index is -1.10. The topological polar surface area (TPSA) is 114 Å². The molecule has 0 radical (unpaired) electrons. The summed E-state index contributed by atoms with van der Waals surface area (Å²) in [5.74, 6) is 0.0838. The molecule has 0 aromatic heterocycles. The molecule has 3 aromatic rings. The number of nitro groups is 1. The smallest absolute Gasteiger partial charge is 0.332 e. The van der Waals surface area contributed by atoms with Gasteiger partial charge in [0.15, 0.2) is 0 Å². The highest BCUT2D eigenvalue weighted by Crippen LogP contribution is 2.31. The number of ether oxygens (including phenoxy) is 1. The lowest BCUT2D eigenvalue weighted by molar-refractivity contribution is -0.384. The van der Waals surface area contributed by atoms with Gasteiger partial charge >= 0.3 is 6.03 Å². The standard InChI is InChI=1S/C25H26N4O5S/c1-16(2)17-9-11-19(12-10-17)26-24(30)23(18-7-5-4-6-8-18)28(35)25(31)27-21-15-20(29(32)33)13-14-22(21)34-3/h4-16,23,35H,1-3H3,(H,26,30)(H,27,31). The normalized spacial score (nSPS) is 11.5. The van der Waals surface area contributed by atoms with Gasteiger partial charge in [0, 0.05) is 17.8 Å². The highest BCUT2D eigenvalue weighted by atomic mass is 32.1. The van der Waals surface area contributed by atoms with E-state index < -0.39 is 22.9 Å². The number of nitrogens with one attached hydrogen (secondary N) is 2. The van der Waals surface area contributed by atoms with Crippen molar-refractivity contribution in [1.29, 1.82) is 0 Å². The van der Waals surface area contributed by atoms with Crippen LogP contribution in [0.5, 0.6) is 5.75 Å². The molecule has 1 unspecified atom stereocenters. The zero-order valence-corrected chi connectivity index (χ0v) is 20.4. The van der Waals surface area contributed by atoms with E-state index in [2.05, 4.69) is 37.3 Å². The summed E-state index contributed by atoms with van der Waals surface area (Å²) in [6, 6.07) is 18.1. The Labute approximate surface area is 208 Å². The molecule has 2 N–H and O–H groups in total. The second kappa shape index (κ2) is 11.4. The van der Waals surface area contributed by atoms with Crippen LogP contribution in [0.25, 0.3) is 0 Å². The number of carbonyl (C=O) groups excluding carboxylic acids is 2. The van der Waals surface area contributed by atoms with E-state index in [0.717, 1.165) is 9.87 Å². The maximum absolute atomic E-state index is 13.3. The van der Waals surface area contributed by atoms with Crippen molar-refractivity contribution in [3.8, 4) is 5.75 Å². The fraction of sp³-hybridized carbons (Fsp3) is 0.200. The molecule has 10 heteroatoms. The highest BCUT2D eigenvalue weighted by Gasteiger charge is 2.30. The third-order valence-electron chi connectivity index (χ3n) is 5.30. The van der Waals surface area contributed by atoms with Crippen molar-refractivity contribution in [2.24, 2.45) is 0 Å². The number of urea groups is 1. The average molecular weight is 495 g/mol. The van der Waals surface area contributed by atoms with E-state index in [9.17, 15) is 19.7 Å². The van der Waals surface area contributed by atoms with Crippen molar-refractivity contribution in [2.45, 2.75) is 25.8 Å². The number of hydrogen-bond donors (Lipinski definition) is 3. The Morgan fingerprint density at radius 3 is 2.20 bits per heavy atom. The summed E-state index contributed by atoms with van der Waals surface area (Å²) in [4.78, 5) is 37.0. The first-order valence-corrected chi connectivity index (χ1v) is 11.2. The molecule has 35 heavy (non-hydrogen) atoms. The van der Waals surface area contributed by atoms with Crippen molar-refractivity contribution in [1.82, 2.24) is 4.31 Å². The molecule has 3 rings (SSSR count). The number of nitro benzene ring substituents is 1. The van der Waals surface area contributed by atoms with Crippen LogP contribution in [0.1, 0.15) is 36.9 Å². The number of non-ortho nitro benzene ring substituents is 1. The van der Waals surface area contributed by atoms with E-state index >= 15 is 0 Å². The Kier molecular flexibility index (Phi) is 8.32. The summed E-state index contributed by atoms with van der Waals surface area (Å²) in [6.07, 6.45) is 0. The summed E-state index contributed by atoms with van der Waals surface area (Å²) in [6.45, 7) is 4.15. The van der Waals surface area contributed by atoms with Crippen LogP contribution in [0.3, 0.4) is 0 Å². The van der Waals surface area contributed by atoms with Crippen LogP contribution in [0.15, 0.2) is 72.8 Å². The van der Waals surface area contributed by atoms with Crippen LogP contribution in [0, 0.1) is 10.1 Å². The number of carbonyl (C=O) groups is 2. The Morgan fingerprint density at radius 2 is 1.63 bits per heavy atom. The summed E-state index contributed by atoms with van der Waals surface area (Å²) < 4.78 is 6.13. The number of methoxy groups -OCH3 is 1. The quantitative estimate of drug-likeness (QED) is 0.208. The molecule has 182 valence electrons. The Morgan fingerprint density at radius 1 is 0.971 bits per heavy atom. The molecule has 0 aliphatic carbocycles. The van der Waals surface area contributed by atoms with Gasteiger partial charge in [0.25, 0.3) is 11.6 Å². The number of nitrogens with zero attached hydrogens (tertiary/aromatic N) is 2. The molecule has 0 bridgehead atoms. The molecule has 0 aliphatic rings. The molecule has 0 fully saturated rings. The van der Waals surface area contributed by atoms with Crippen molar-refractivity contribution < 1.29 is 19.2 Å². The van der Waals surface area contributed by atoms with Gasteiger partial charge in [-0.1, -0.05) is 69.1 Å². The average Bonchev–Trinajstić information content (AvgIpc) is 2.85. The van der Waals surface area contributed by atoms with Gasteiger partial charge in [0.2, 0.25) is 0 Å². The second-order valence-electron chi connectivity index (χ2n) is 8.00. The van der Waals surface area contributed by atoms with E-state index in [4.69, 9.17) is 4.74 Å². The summed E-state index contributed by atoms with van der Waals surface area (Å²) in [7, 11) is 1.38. The van der Waals surface area contributed by atoms with Gasteiger partial charge in [-0.05, 0) is 35.2 Å². The monoisotopic (exact) mass is 494 g/mol. The Hall–Kier alpha value is -4.05. The molecule has 3 aromatic carbocycles. The highest BCUT2D eigenvalue weighted by molar-refractivity contribution is 7.78. The molecule has 9 nitrogen and oxygen atoms in total. The van der Waals surface area contributed by atoms with Crippen LogP contribution >= 0.6 is 12.8 Å². The van der Waals surface area contributed by atoms with Crippen molar-refractivity contribution in [3.05, 3.63) is 94.0 Å². The molecular weight excluding hydrogens is 468 g/mol. The van der Waals surface area contributed by atoms with E-state index in [1.165, 1.54) is 25.3 Å². The number of anilines is 2. The van der Waals surface area contributed by atoms with Gasteiger partial charge in [0.05, 0.1) is 17.7 Å². The number of hydrogen-bond acceptors (Lipinski definition) is 6. The molecule has 0 heterocycles. The second-order valence-corrected chi connectivity index (χ2v) is 8.43. The minimum Gasteiger partial charge on any atom is -0.495 e. The van der Waals surface area contributed by atoms with Gasteiger partial charge in [-0.2, -0.15) is 0 Å². The minimum absolute atomic E-state index is 0.0715.